The molecule has 3 aromatic rings. The maximum absolute atomic E-state index is 13.6. The summed E-state index contributed by atoms with van der Waals surface area (Å²) in [6.07, 6.45) is 1.78. The van der Waals surface area contributed by atoms with Crippen LogP contribution in [0, 0.1) is 12.7 Å². The minimum Gasteiger partial charge on any atom is -0.329 e. The Morgan fingerprint density at radius 2 is 2.10 bits per heavy atom. The molecule has 5 heteroatoms. The summed E-state index contributed by atoms with van der Waals surface area (Å²) in [4.78, 5) is 4.36. The summed E-state index contributed by atoms with van der Waals surface area (Å²) < 4.78 is 15.6. The standard InChI is InChI=1S/C16H17FN4/c1-11-6-12(8-13(17)7-11)15(20-18)9-21-10-19-14-4-2-3-5-16(14)21/h2-8,10,15,20H,9,18H2,1H3. The average molecular weight is 284 g/mol. The second kappa shape index (κ2) is 5.63. The van der Waals surface area contributed by atoms with Crippen molar-refractivity contribution in [2.75, 3.05) is 0 Å². The predicted octanol–water partition coefficient (Wildman–Crippen LogP) is 2.69. The largest absolute Gasteiger partial charge is 0.329 e. The van der Waals surface area contributed by atoms with Gasteiger partial charge < -0.3 is 4.57 Å². The van der Waals surface area contributed by atoms with Crippen LogP contribution in [0.15, 0.2) is 48.8 Å². The Balaban J connectivity index is 1.94. The fraction of sp³-hybridized carbons (Fsp3) is 0.188. The molecule has 4 nitrogen and oxygen atoms in total. The molecule has 0 aliphatic heterocycles. The van der Waals surface area contributed by atoms with Crippen molar-refractivity contribution in [3.8, 4) is 0 Å². The predicted molar refractivity (Wildman–Crippen MR) is 80.9 cm³/mol. The lowest BCUT2D eigenvalue weighted by atomic mass is 10.0. The van der Waals surface area contributed by atoms with Crippen LogP contribution in [0.3, 0.4) is 0 Å². The smallest absolute Gasteiger partial charge is 0.123 e. The Morgan fingerprint density at radius 3 is 2.86 bits per heavy atom. The molecule has 1 unspecified atom stereocenters. The molecule has 1 atom stereocenters. The molecule has 108 valence electrons. The van der Waals surface area contributed by atoms with Crippen LogP contribution in [-0.2, 0) is 6.54 Å². The average Bonchev–Trinajstić information content (AvgIpc) is 2.87. The molecule has 3 N–H and O–H groups in total. The van der Waals surface area contributed by atoms with Crippen molar-refractivity contribution in [2.45, 2.75) is 19.5 Å². The monoisotopic (exact) mass is 284 g/mol. The van der Waals surface area contributed by atoms with Crippen molar-refractivity contribution < 1.29 is 4.39 Å². The molecule has 0 bridgehead atoms. The highest BCUT2D eigenvalue weighted by atomic mass is 19.1. The Kier molecular flexibility index (Phi) is 3.68. The number of nitrogens with zero attached hydrogens (tertiary/aromatic N) is 2. The summed E-state index contributed by atoms with van der Waals surface area (Å²) in [7, 11) is 0. The van der Waals surface area contributed by atoms with Gasteiger partial charge in [0.15, 0.2) is 0 Å². The summed E-state index contributed by atoms with van der Waals surface area (Å²) >= 11 is 0. The molecule has 0 spiro atoms. The summed E-state index contributed by atoms with van der Waals surface area (Å²) in [6, 6.07) is 12.7. The zero-order chi connectivity index (χ0) is 14.8. The molecular formula is C16H17FN4. The van der Waals surface area contributed by atoms with Crippen molar-refractivity contribution in [1.29, 1.82) is 0 Å². The number of halogens is 1. The molecule has 2 aromatic carbocycles. The number of hydrogen-bond donors (Lipinski definition) is 2. The first-order valence-electron chi connectivity index (χ1n) is 6.80. The second-order valence-corrected chi connectivity index (χ2v) is 5.17. The van der Waals surface area contributed by atoms with Crippen molar-refractivity contribution in [3.05, 3.63) is 65.7 Å². The topological polar surface area (TPSA) is 55.9 Å². The van der Waals surface area contributed by atoms with Gasteiger partial charge in [-0.2, -0.15) is 0 Å². The van der Waals surface area contributed by atoms with E-state index >= 15 is 0 Å². The molecule has 0 fully saturated rings. The van der Waals surface area contributed by atoms with E-state index in [9.17, 15) is 4.39 Å². The van der Waals surface area contributed by atoms with Crippen LogP contribution < -0.4 is 11.3 Å². The van der Waals surface area contributed by atoms with Gasteiger partial charge in [0.2, 0.25) is 0 Å². The number of nitrogens with one attached hydrogen (secondary N) is 1. The SMILES string of the molecule is Cc1cc(F)cc(C(Cn2cnc3ccccc32)NN)c1. The minimum atomic E-state index is -0.249. The maximum atomic E-state index is 13.6. The van der Waals surface area contributed by atoms with Gasteiger partial charge in [-0.1, -0.05) is 18.2 Å². The summed E-state index contributed by atoms with van der Waals surface area (Å²) in [6.45, 7) is 2.45. The van der Waals surface area contributed by atoms with Gasteiger partial charge in [-0.25, -0.2) is 9.37 Å². The first kappa shape index (κ1) is 13.7. The molecule has 1 aromatic heterocycles. The van der Waals surface area contributed by atoms with Gasteiger partial charge in [-0.05, 0) is 42.3 Å². The highest BCUT2D eigenvalue weighted by Crippen LogP contribution is 2.20. The zero-order valence-electron chi connectivity index (χ0n) is 11.8. The number of hydrogen-bond acceptors (Lipinski definition) is 3. The summed E-state index contributed by atoms with van der Waals surface area (Å²) in [5.74, 6) is 5.41. The number of hydrazine groups is 1. The second-order valence-electron chi connectivity index (χ2n) is 5.17. The van der Waals surface area contributed by atoms with Crippen LogP contribution in [0.5, 0.6) is 0 Å². The molecule has 0 amide bonds. The Hall–Kier alpha value is -2.24. The third-order valence-corrected chi connectivity index (χ3v) is 3.57. The summed E-state index contributed by atoms with van der Waals surface area (Å²) in [5, 5.41) is 0. The Morgan fingerprint density at radius 1 is 1.29 bits per heavy atom. The molecule has 0 saturated carbocycles. The van der Waals surface area contributed by atoms with Crippen LogP contribution in [0.2, 0.25) is 0 Å². The number of imidazole rings is 1. The first-order chi connectivity index (χ1) is 10.2. The van der Waals surface area contributed by atoms with Crippen LogP contribution >= 0.6 is 0 Å². The molecule has 3 rings (SSSR count). The molecule has 0 radical (unpaired) electrons. The maximum Gasteiger partial charge on any atom is 0.123 e. The van der Waals surface area contributed by atoms with E-state index < -0.39 is 0 Å². The van der Waals surface area contributed by atoms with E-state index in [2.05, 4.69) is 10.4 Å². The van der Waals surface area contributed by atoms with E-state index in [4.69, 9.17) is 5.84 Å². The third kappa shape index (κ3) is 2.79. The van der Waals surface area contributed by atoms with Gasteiger partial charge in [0.1, 0.15) is 5.82 Å². The Bertz CT molecular complexity index is 746. The number of benzene rings is 2. The Labute approximate surface area is 122 Å². The molecule has 0 aliphatic rings. The van der Waals surface area contributed by atoms with Gasteiger partial charge in [-0.15, -0.1) is 0 Å². The van der Waals surface area contributed by atoms with E-state index in [-0.39, 0.29) is 11.9 Å². The lowest BCUT2D eigenvalue weighted by molar-refractivity contribution is 0.478. The molecule has 0 saturated heterocycles. The van der Waals surface area contributed by atoms with Crippen LogP contribution in [0.4, 0.5) is 4.39 Å². The van der Waals surface area contributed by atoms with Crippen molar-refractivity contribution in [2.24, 2.45) is 5.84 Å². The number of aromatic nitrogens is 2. The van der Waals surface area contributed by atoms with E-state index in [0.29, 0.717) is 6.54 Å². The fourth-order valence-corrected chi connectivity index (χ4v) is 2.57. The summed E-state index contributed by atoms with van der Waals surface area (Å²) in [5.41, 5.74) is 6.43. The van der Waals surface area contributed by atoms with Gasteiger partial charge in [-0.3, -0.25) is 11.3 Å². The lowest BCUT2D eigenvalue weighted by Gasteiger charge is -2.18. The fourth-order valence-electron chi connectivity index (χ4n) is 2.57. The zero-order valence-corrected chi connectivity index (χ0v) is 11.8. The normalized spacial score (nSPS) is 12.7. The number of fused-ring (bicyclic) bond motifs is 1. The van der Waals surface area contributed by atoms with Crippen LogP contribution in [-0.4, -0.2) is 9.55 Å². The molecule has 1 heterocycles. The molecular weight excluding hydrogens is 267 g/mol. The molecule has 0 aliphatic carbocycles. The van der Waals surface area contributed by atoms with Crippen LogP contribution in [0.25, 0.3) is 11.0 Å². The van der Waals surface area contributed by atoms with Crippen molar-refractivity contribution in [1.82, 2.24) is 15.0 Å². The van der Waals surface area contributed by atoms with Crippen LogP contribution in [0.1, 0.15) is 17.2 Å². The van der Waals surface area contributed by atoms with E-state index in [0.717, 1.165) is 22.2 Å². The van der Waals surface area contributed by atoms with Gasteiger partial charge in [0, 0.05) is 6.54 Å². The third-order valence-electron chi connectivity index (χ3n) is 3.57. The minimum absolute atomic E-state index is 0.183. The highest BCUT2D eigenvalue weighted by molar-refractivity contribution is 5.74. The van der Waals surface area contributed by atoms with Gasteiger partial charge >= 0.3 is 0 Å². The quantitative estimate of drug-likeness (QED) is 0.572. The van der Waals surface area contributed by atoms with E-state index in [1.165, 1.54) is 12.1 Å². The van der Waals surface area contributed by atoms with Crippen molar-refractivity contribution in [3.63, 3.8) is 0 Å². The first-order valence-corrected chi connectivity index (χ1v) is 6.80. The van der Waals surface area contributed by atoms with Gasteiger partial charge in [0.25, 0.3) is 0 Å². The number of aryl methyl sites for hydroxylation is 1. The molecule has 21 heavy (non-hydrogen) atoms. The van der Waals surface area contributed by atoms with Gasteiger partial charge in [0.05, 0.1) is 23.4 Å². The van der Waals surface area contributed by atoms with E-state index in [1.807, 2.05) is 41.8 Å². The lowest BCUT2D eigenvalue weighted by Crippen LogP contribution is -2.31. The highest BCUT2D eigenvalue weighted by Gasteiger charge is 2.13. The van der Waals surface area contributed by atoms with E-state index in [1.54, 1.807) is 6.33 Å². The number of nitrogens with two attached hydrogens (primary N) is 1. The number of rotatable bonds is 4. The number of para-hydroxylation sites is 2. The van der Waals surface area contributed by atoms with Crippen molar-refractivity contribution >= 4 is 11.0 Å².